The Balaban J connectivity index is 1.73. The number of amides is 2. The van der Waals surface area contributed by atoms with Crippen molar-refractivity contribution >= 4 is 22.5 Å². The SMILES string of the molecule is CN(CCO)C(=O)NCCc1csc(N2CCCC2)n1. The van der Waals surface area contributed by atoms with Crippen LogP contribution in [0.2, 0.25) is 0 Å². The molecule has 112 valence electrons. The molecular weight excluding hydrogens is 276 g/mol. The molecule has 1 aliphatic heterocycles. The van der Waals surface area contributed by atoms with Crippen LogP contribution in [0.4, 0.5) is 9.93 Å². The fourth-order valence-corrected chi connectivity index (χ4v) is 3.06. The quantitative estimate of drug-likeness (QED) is 0.819. The molecule has 1 aromatic rings. The van der Waals surface area contributed by atoms with Crippen LogP contribution in [-0.2, 0) is 6.42 Å². The monoisotopic (exact) mass is 298 g/mol. The summed E-state index contributed by atoms with van der Waals surface area (Å²) < 4.78 is 0. The number of aliphatic hydroxyl groups excluding tert-OH is 1. The Morgan fingerprint density at radius 1 is 1.55 bits per heavy atom. The highest BCUT2D eigenvalue weighted by Gasteiger charge is 2.15. The van der Waals surface area contributed by atoms with Gasteiger partial charge < -0.3 is 20.2 Å². The number of nitrogens with one attached hydrogen (secondary N) is 1. The van der Waals surface area contributed by atoms with Crippen LogP contribution >= 0.6 is 11.3 Å². The van der Waals surface area contributed by atoms with E-state index in [0.29, 0.717) is 13.1 Å². The molecule has 20 heavy (non-hydrogen) atoms. The molecule has 2 amide bonds. The normalized spacial score (nSPS) is 14.6. The molecule has 2 rings (SSSR count). The van der Waals surface area contributed by atoms with E-state index in [1.54, 1.807) is 18.4 Å². The molecule has 7 heteroatoms. The second-order valence-corrected chi connectivity index (χ2v) is 5.78. The number of thiazole rings is 1. The number of likely N-dealkylation sites (N-methyl/N-ethyl adjacent to an activating group) is 1. The zero-order chi connectivity index (χ0) is 14.4. The average Bonchev–Trinajstić information content (AvgIpc) is 3.09. The molecule has 0 radical (unpaired) electrons. The van der Waals surface area contributed by atoms with Gasteiger partial charge in [-0.25, -0.2) is 9.78 Å². The van der Waals surface area contributed by atoms with Gasteiger partial charge in [0.15, 0.2) is 5.13 Å². The van der Waals surface area contributed by atoms with Gasteiger partial charge in [0.2, 0.25) is 0 Å². The Hall–Kier alpha value is -1.34. The summed E-state index contributed by atoms with van der Waals surface area (Å²) in [6, 6.07) is -0.158. The molecule has 1 fully saturated rings. The van der Waals surface area contributed by atoms with Crippen LogP contribution in [0.5, 0.6) is 0 Å². The summed E-state index contributed by atoms with van der Waals surface area (Å²) in [5.41, 5.74) is 1.03. The van der Waals surface area contributed by atoms with E-state index >= 15 is 0 Å². The summed E-state index contributed by atoms with van der Waals surface area (Å²) in [7, 11) is 1.67. The highest BCUT2D eigenvalue weighted by Crippen LogP contribution is 2.24. The number of anilines is 1. The number of nitrogens with zero attached hydrogens (tertiary/aromatic N) is 3. The fraction of sp³-hybridized carbons (Fsp3) is 0.692. The third kappa shape index (κ3) is 4.08. The number of hydrogen-bond donors (Lipinski definition) is 2. The number of carbonyl (C=O) groups is 1. The molecule has 1 aromatic heterocycles. The van der Waals surface area contributed by atoms with Gasteiger partial charge in [-0.3, -0.25) is 0 Å². The summed E-state index contributed by atoms with van der Waals surface area (Å²) in [4.78, 5) is 20.0. The minimum Gasteiger partial charge on any atom is -0.395 e. The molecule has 0 unspecified atom stereocenters. The van der Waals surface area contributed by atoms with Crippen LogP contribution in [0.15, 0.2) is 5.38 Å². The molecule has 0 atom stereocenters. The lowest BCUT2D eigenvalue weighted by atomic mass is 10.3. The molecule has 1 aliphatic rings. The Labute approximate surface area is 123 Å². The standard InChI is InChI=1S/C13H22N4O2S/c1-16(8-9-18)12(19)14-5-4-11-10-20-13(15-11)17-6-2-3-7-17/h10,18H,2-9H2,1H3,(H,14,19). The molecule has 0 aromatic carbocycles. The van der Waals surface area contributed by atoms with Crippen molar-refractivity contribution < 1.29 is 9.90 Å². The van der Waals surface area contributed by atoms with Crippen LogP contribution in [-0.4, -0.2) is 60.9 Å². The van der Waals surface area contributed by atoms with Crippen LogP contribution in [0.1, 0.15) is 18.5 Å². The minimum absolute atomic E-state index is 0.0186. The molecule has 1 saturated heterocycles. The Morgan fingerprint density at radius 2 is 2.30 bits per heavy atom. The van der Waals surface area contributed by atoms with E-state index in [1.807, 2.05) is 0 Å². The van der Waals surface area contributed by atoms with Crippen molar-refractivity contribution in [1.82, 2.24) is 15.2 Å². The second kappa shape index (κ2) is 7.44. The van der Waals surface area contributed by atoms with Gasteiger partial charge in [0.25, 0.3) is 0 Å². The lowest BCUT2D eigenvalue weighted by Crippen LogP contribution is -2.39. The molecular formula is C13H22N4O2S. The van der Waals surface area contributed by atoms with Gasteiger partial charge in [0.1, 0.15) is 0 Å². The van der Waals surface area contributed by atoms with Crippen molar-refractivity contribution in [1.29, 1.82) is 0 Å². The highest BCUT2D eigenvalue weighted by molar-refractivity contribution is 7.13. The number of hydrogen-bond acceptors (Lipinski definition) is 5. The summed E-state index contributed by atoms with van der Waals surface area (Å²) >= 11 is 1.68. The zero-order valence-electron chi connectivity index (χ0n) is 11.8. The van der Waals surface area contributed by atoms with Gasteiger partial charge in [-0.15, -0.1) is 11.3 Å². The zero-order valence-corrected chi connectivity index (χ0v) is 12.7. The maximum Gasteiger partial charge on any atom is 0.317 e. The van der Waals surface area contributed by atoms with E-state index in [1.165, 1.54) is 17.7 Å². The number of aromatic nitrogens is 1. The first-order valence-electron chi connectivity index (χ1n) is 7.00. The predicted octanol–water partition coefficient (Wildman–Crippen LogP) is 0.919. The van der Waals surface area contributed by atoms with E-state index in [-0.39, 0.29) is 12.6 Å². The molecule has 0 aliphatic carbocycles. The highest BCUT2D eigenvalue weighted by atomic mass is 32.1. The molecule has 2 heterocycles. The van der Waals surface area contributed by atoms with Crippen molar-refractivity contribution in [2.24, 2.45) is 0 Å². The third-order valence-electron chi connectivity index (χ3n) is 3.36. The Morgan fingerprint density at radius 3 is 3.00 bits per heavy atom. The summed E-state index contributed by atoms with van der Waals surface area (Å²) in [5, 5.41) is 14.7. The van der Waals surface area contributed by atoms with Gasteiger partial charge in [-0.2, -0.15) is 0 Å². The van der Waals surface area contributed by atoms with Gasteiger partial charge >= 0.3 is 6.03 Å². The van der Waals surface area contributed by atoms with Crippen LogP contribution in [0.3, 0.4) is 0 Å². The van der Waals surface area contributed by atoms with E-state index in [0.717, 1.165) is 30.3 Å². The van der Waals surface area contributed by atoms with Gasteiger partial charge in [0.05, 0.1) is 12.3 Å². The number of rotatable bonds is 6. The molecule has 2 N–H and O–H groups in total. The lowest BCUT2D eigenvalue weighted by molar-refractivity contribution is 0.190. The first-order chi connectivity index (χ1) is 9.70. The van der Waals surface area contributed by atoms with Crippen molar-refractivity contribution in [2.75, 3.05) is 44.7 Å². The van der Waals surface area contributed by atoms with E-state index < -0.39 is 0 Å². The second-order valence-electron chi connectivity index (χ2n) is 4.94. The van der Waals surface area contributed by atoms with E-state index in [9.17, 15) is 4.79 Å². The Kier molecular flexibility index (Phi) is 5.60. The topological polar surface area (TPSA) is 68.7 Å². The first kappa shape index (κ1) is 15.1. The molecule has 0 spiro atoms. The largest absolute Gasteiger partial charge is 0.395 e. The van der Waals surface area contributed by atoms with Crippen molar-refractivity contribution in [3.8, 4) is 0 Å². The van der Waals surface area contributed by atoms with Crippen LogP contribution in [0.25, 0.3) is 0 Å². The number of aliphatic hydroxyl groups is 1. The maximum atomic E-state index is 11.6. The van der Waals surface area contributed by atoms with E-state index in [2.05, 4.69) is 20.6 Å². The van der Waals surface area contributed by atoms with Gasteiger partial charge in [-0.1, -0.05) is 0 Å². The van der Waals surface area contributed by atoms with Crippen LogP contribution in [0, 0.1) is 0 Å². The van der Waals surface area contributed by atoms with Gasteiger partial charge in [-0.05, 0) is 12.8 Å². The average molecular weight is 298 g/mol. The summed E-state index contributed by atoms with van der Waals surface area (Å²) in [6.45, 7) is 3.11. The Bertz CT molecular complexity index is 432. The fourth-order valence-electron chi connectivity index (χ4n) is 2.15. The minimum atomic E-state index is -0.158. The number of urea groups is 1. The van der Waals surface area contributed by atoms with Crippen LogP contribution < -0.4 is 10.2 Å². The summed E-state index contributed by atoms with van der Waals surface area (Å²) in [5.74, 6) is 0. The molecule has 0 saturated carbocycles. The number of carbonyl (C=O) groups excluding carboxylic acids is 1. The smallest absolute Gasteiger partial charge is 0.317 e. The van der Waals surface area contributed by atoms with Crippen molar-refractivity contribution in [2.45, 2.75) is 19.3 Å². The predicted molar refractivity (Wildman–Crippen MR) is 80.4 cm³/mol. The first-order valence-corrected chi connectivity index (χ1v) is 7.88. The maximum absolute atomic E-state index is 11.6. The molecule has 6 nitrogen and oxygen atoms in total. The van der Waals surface area contributed by atoms with Gasteiger partial charge in [0, 0.05) is 45.0 Å². The lowest BCUT2D eigenvalue weighted by Gasteiger charge is -2.16. The van der Waals surface area contributed by atoms with E-state index in [4.69, 9.17) is 5.11 Å². The summed E-state index contributed by atoms with van der Waals surface area (Å²) in [6.07, 6.45) is 3.24. The van der Waals surface area contributed by atoms with Crippen molar-refractivity contribution in [3.05, 3.63) is 11.1 Å². The third-order valence-corrected chi connectivity index (χ3v) is 4.31. The molecule has 0 bridgehead atoms. The van der Waals surface area contributed by atoms with Crippen molar-refractivity contribution in [3.63, 3.8) is 0 Å².